The van der Waals surface area contributed by atoms with Crippen LogP contribution in [-0.4, -0.2) is 25.5 Å². The molecule has 160 valence electrons. The first kappa shape index (κ1) is 23.2. The SMILES string of the molecule is CCCC(NC)C1=CCC=C(OC(OC2CCCCCCC2)C(C)CC)C=C1. The summed E-state index contributed by atoms with van der Waals surface area (Å²) in [4.78, 5) is 0. The molecule has 0 aromatic heterocycles. The van der Waals surface area contributed by atoms with Gasteiger partial charge in [-0.15, -0.1) is 0 Å². The Hall–Kier alpha value is -1.06. The molecule has 0 aromatic carbocycles. The van der Waals surface area contributed by atoms with Crippen LogP contribution in [0.15, 0.2) is 35.6 Å². The normalized spacial score (nSPS) is 22.3. The molecule has 2 rings (SSSR count). The lowest BCUT2D eigenvalue weighted by molar-refractivity contribution is -0.176. The summed E-state index contributed by atoms with van der Waals surface area (Å²) in [5.41, 5.74) is 1.36. The van der Waals surface area contributed by atoms with E-state index in [1.54, 1.807) is 0 Å². The maximum Gasteiger partial charge on any atom is 0.202 e. The fraction of sp³-hybridized carbons (Fsp3) is 0.760. The summed E-state index contributed by atoms with van der Waals surface area (Å²) in [6, 6.07) is 0.422. The third-order valence-electron chi connectivity index (χ3n) is 6.18. The number of ether oxygens (including phenoxy) is 2. The molecule has 0 heterocycles. The van der Waals surface area contributed by atoms with Gasteiger partial charge in [0.25, 0.3) is 0 Å². The Morgan fingerprint density at radius 1 is 1.04 bits per heavy atom. The van der Waals surface area contributed by atoms with Crippen molar-refractivity contribution in [3.8, 4) is 0 Å². The minimum Gasteiger partial charge on any atom is -0.465 e. The molecule has 0 aliphatic heterocycles. The lowest BCUT2D eigenvalue weighted by Crippen LogP contribution is -2.30. The molecule has 0 spiro atoms. The molecule has 0 bridgehead atoms. The second-order valence-corrected chi connectivity index (χ2v) is 8.48. The van der Waals surface area contributed by atoms with Gasteiger partial charge in [-0.3, -0.25) is 0 Å². The number of nitrogens with one attached hydrogen (secondary N) is 1. The zero-order chi connectivity index (χ0) is 20.2. The van der Waals surface area contributed by atoms with Gasteiger partial charge >= 0.3 is 0 Å². The van der Waals surface area contributed by atoms with Crippen molar-refractivity contribution in [2.75, 3.05) is 7.05 Å². The van der Waals surface area contributed by atoms with Crippen molar-refractivity contribution in [2.24, 2.45) is 5.92 Å². The topological polar surface area (TPSA) is 30.5 Å². The van der Waals surface area contributed by atoms with Crippen LogP contribution in [-0.2, 0) is 9.47 Å². The van der Waals surface area contributed by atoms with Crippen LogP contribution >= 0.6 is 0 Å². The van der Waals surface area contributed by atoms with Crippen molar-refractivity contribution in [1.29, 1.82) is 0 Å². The van der Waals surface area contributed by atoms with E-state index in [0.717, 1.165) is 25.0 Å². The van der Waals surface area contributed by atoms with Gasteiger partial charge in [0, 0.05) is 12.0 Å². The van der Waals surface area contributed by atoms with E-state index in [-0.39, 0.29) is 6.29 Å². The van der Waals surface area contributed by atoms with Gasteiger partial charge in [-0.25, -0.2) is 0 Å². The van der Waals surface area contributed by atoms with Crippen molar-refractivity contribution in [3.63, 3.8) is 0 Å². The highest BCUT2D eigenvalue weighted by Gasteiger charge is 2.24. The summed E-state index contributed by atoms with van der Waals surface area (Å²) in [5, 5.41) is 3.44. The van der Waals surface area contributed by atoms with E-state index in [1.807, 2.05) is 7.05 Å². The summed E-state index contributed by atoms with van der Waals surface area (Å²) < 4.78 is 12.9. The average Bonchev–Trinajstić information content (AvgIpc) is 2.92. The van der Waals surface area contributed by atoms with Crippen molar-refractivity contribution in [3.05, 3.63) is 35.6 Å². The van der Waals surface area contributed by atoms with Crippen LogP contribution in [0.2, 0.25) is 0 Å². The molecule has 2 aliphatic rings. The predicted octanol–water partition coefficient (Wildman–Crippen LogP) is 6.66. The molecule has 0 saturated heterocycles. The summed E-state index contributed by atoms with van der Waals surface area (Å²) in [6.45, 7) is 6.71. The van der Waals surface area contributed by atoms with Crippen LogP contribution in [0.3, 0.4) is 0 Å². The number of hydrogen-bond acceptors (Lipinski definition) is 3. The fourth-order valence-corrected chi connectivity index (χ4v) is 4.09. The predicted molar refractivity (Wildman–Crippen MR) is 119 cm³/mol. The van der Waals surface area contributed by atoms with Gasteiger partial charge in [-0.1, -0.05) is 71.4 Å². The summed E-state index contributed by atoms with van der Waals surface area (Å²) in [5.74, 6) is 1.34. The second-order valence-electron chi connectivity index (χ2n) is 8.48. The molecule has 3 heteroatoms. The van der Waals surface area contributed by atoms with Crippen molar-refractivity contribution in [1.82, 2.24) is 5.32 Å². The van der Waals surface area contributed by atoms with E-state index < -0.39 is 0 Å². The highest BCUT2D eigenvalue weighted by Crippen LogP contribution is 2.26. The Bertz CT molecular complexity index is 515. The highest BCUT2D eigenvalue weighted by atomic mass is 16.7. The van der Waals surface area contributed by atoms with E-state index >= 15 is 0 Å². The molecule has 1 fully saturated rings. The van der Waals surface area contributed by atoms with Gasteiger partial charge in [-0.2, -0.15) is 0 Å². The van der Waals surface area contributed by atoms with E-state index in [1.165, 1.54) is 56.9 Å². The molecule has 1 N–H and O–H groups in total. The number of allylic oxidation sites excluding steroid dienone is 3. The summed E-state index contributed by atoms with van der Waals surface area (Å²) in [7, 11) is 2.05. The van der Waals surface area contributed by atoms with E-state index in [4.69, 9.17) is 9.47 Å². The van der Waals surface area contributed by atoms with Gasteiger partial charge < -0.3 is 14.8 Å². The maximum absolute atomic E-state index is 6.53. The zero-order valence-electron chi connectivity index (χ0n) is 18.7. The average molecular weight is 390 g/mol. The first-order valence-electron chi connectivity index (χ1n) is 11.8. The Morgan fingerprint density at radius 3 is 2.39 bits per heavy atom. The van der Waals surface area contributed by atoms with Crippen molar-refractivity contribution >= 4 is 0 Å². The Kier molecular flexibility index (Phi) is 11.0. The van der Waals surface area contributed by atoms with Gasteiger partial charge in [0.2, 0.25) is 6.29 Å². The molecule has 1 saturated carbocycles. The summed E-state index contributed by atoms with van der Waals surface area (Å²) >= 11 is 0. The van der Waals surface area contributed by atoms with Crippen LogP contribution in [0.25, 0.3) is 0 Å². The molecule has 3 unspecified atom stereocenters. The van der Waals surface area contributed by atoms with Gasteiger partial charge in [0.15, 0.2) is 0 Å². The lowest BCUT2D eigenvalue weighted by atomic mass is 9.98. The molecule has 2 aliphatic carbocycles. The monoisotopic (exact) mass is 389 g/mol. The molecule has 3 nitrogen and oxygen atoms in total. The Morgan fingerprint density at radius 2 is 1.75 bits per heavy atom. The molecular weight excluding hydrogens is 346 g/mol. The Labute approximate surface area is 173 Å². The standard InChI is InChI=1S/C25H43NO2/c1-5-13-24(26-4)21-14-12-17-23(19-18-21)28-25(20(3)6-2)27-22-15-10-8-7-9-11-16-22/h14,17-20,22,24-26H,5-13,15-16H2,1-4H3. The molecule has 0 aromatic rings. The molecule has 3 atom stereocenters. The van der Waals surface area contributed by atoms with Crippen LogP contribution in [0.4, 0.5) is 0 Å². The molecule has 28 heavy (non-hydrogen) atoms. The first-order chi connectivity index (χ1) is 13.7. The fourth-order valence-electron chi connectivity index (χ4n) is 4.09. The molecule has 0 amide bonds. The van der Waals surface area contributed by atoms with Crippen LogP contribution < -0.4 is 5.32 Å². The number of hydrogen-bond donors (Lipinski definition) is 1. The second kappa shape index (κ2) is 13.2. The van der Waals surface area contributed by atoms with Gasteiger partial charge in [0.1, 0.15) is 5.76 Å². The summed E-state index contributed by atoms with van der Waals surface area (Å²) in [6.07, 6.45) is 22.4. The van der Waals surface area contributed by atoms with Crippen molar-refractivity contribution in [2.45, 2.75) is 110 Å². The van der Waals surface area contributed by atoms with Gasteiger partial charge in [0.05, 0.1) is 6.10 Å². The van der Waals surface area contributed by atoms with Crippen LogP contribution in [0, 0.1) is 5.92 Å². The van der Waals surface area contributed by atoms with E-state index in [2.05, 4.69) is 50.4 Å². The Balaban J connectivity index is 1.98. The van der Waals surface area contributed by atoms with Crippen LogP contribution in [0.1, 0.15) is 91.4 Å². The minimum absolute atomic E-state index is 0.150. The van der Waals surface area contributed by atoms with Crippen LogP contribution in [0.5, 0.6) is 0 Å². The van der Waals surface area contributed by atoms with E-state index in [0.29, 0.717) is 18.1 Å². The zero-order valence-corrected chi connectivity index (χ0v) is 18.7. The minimum atomic E-state index is -0.150. The number of likely N-dealkylation sites (N-methyl/N-ethyl adjacent to an activating group) is 1. The lowest BCUT2D eigenvalue weighted by Gasteiger charge is -2.30. The largest absolute Gasteiger partial charge is 0.465 e. The smallest absolute Gasteiger partial charge is 0.202 e. The van der Waals surface area contributed by atoms with Gasteiger partial charge in [-0.05, 0) is 56.9 Å². The molecular formula is C25H43NO2. The third-order valence-corrected chi connectivity index (χ3v) is 6.18. The van der Waals surface area contributed by atoms with Crippen molar-refractivity contribution < 1.29 is 9.47 Å². The maximum atomic E-state index is 6.53. The quantitative estimate of drug-likeness (QED) is 0.424. The first-order valence-corrected chi connectivity index (χ1v) is 11.8. The highest BCUT2D eigenvalue weighted by molar-refractivity contribution is 5.33. The molecule has 0 radical (unpaired) electrons. The third kappa shape index (κ3) is 7.75. The van der Waals surface area contributed by atoms with E-state index in [9.17, 15) is 0 Å². The number of rotatable bonds is 10.